The van der Waals surface area contributed by atoms with Crippen LogP contribution in [0.2, 0.25) is 0 Å². The molecule has 1 N–H and O–H groups in total. The highest BCUT2D eigenvalue weighted by molar-refractivity contribution is 5.78. The van der Waals surface area contributed by atoms with E-state index in [0.717, 1.165) is 37.6 Å². The molecule has 1 aromatic rings. The maximum Gasteiger partial charge on any atom is 0.224 e. The Bertz CT molecular complexity index is 465. The summed E-state index contributed by atoms with van der Waals surface area (Å²) >= 11 is 0. The van der Waals surface area contributed by atoms with Gasteiger partial charge in [0.2, 0.25) is 5.91 Å². The van der Waals surface area contributed by atoms with Gasteiger partial charge < -0.3 is 14.8 Å². The van der Waals surface area contributed by atoms with Crippen molar-refractivity contribution < 1.29 is 14.3 Å². The van der Waals surface area contributed by atoms with Crippen molar-refractivity contribution in [2.45, 2.75) is 13.3 Å². The van der Waals surface area contributed by atoms with Gasteiger partial charge in [0, 0.05) is 26.2 Å². The van der Waals surface area contributed by atoms with Crippen LogP contribution < -0.4 is 14.8 Å². The van der Waals surface area contributed by atoms with Crippen molar-refractivity contribution in [3.63, 3.8) is 0 Å². The smallest absolute Gasteiger partial charge is 0.224 e. The van der Waals surface area contributed by atoms with Gasteiger partial charge in [-0.1, -0.05) is 6.07 Å². The molecule has 0 spiro atoms. The summed E-state index contributed by atoms with van der Waals surface area (Å²) in [4.78, 5) is 13.8. The van der Waals surface area contributed by atoms with Crippen molar-refractivity contribution >= 4 is 5.91 Å². The molecule has 0 aliphatic carbocycles. The minimum Gasteiger partial charge on any atom is -0.494 e. The molecule has 2 rings (SSSR count). The Morgan fingerprint density at radius 2 is 2.14 bits per heavy atom. The van der Waals surface area contributed by atoms with E-state index in [4.69, 9.17) is 9.47 Å². The molecule has 0 saturated carbocycles. The largest absolute Gasteiger partial charge is 0.494 e. The monoisotopic (exact) mass is 292 g/mol. The molecule has 1 aliphatic heterocycles. The van der Waals surface area contributed by atoms with Gasteiger partial charge in [0.1, 0.15) is 18.1 Å². The predicted octanol–water partition coefficient (Wildman–Crippen LogP) is 1.53. The maximum absolute atomic E-state index is 11.6. The molecule has 116 valence electrons. The Balaban J connectivity index is 1.72. The summed E-state index contributed by atoms with van der Waals surface area (Å²) < 4.78 is 11.2. The number of benzene rings is 1. The standard InChI is InChI=1S/C16H24N2O3/c1-3-20-14-5-4-6-15(11-14)21-10-9-18-8-7-13(12-18)16(19)17-2/h4-6,11,13H,3,7-10,12H2,1-2H3,(H,17,19). The summed E-state index contributed by atoms with van der Waals surface area (Å²) in [6.45, 7) is 5.85. The molecule has 5 heteroatoms. The predicted molar refractivity (Wildman–Crippen MR) is 81.7 cm³/mol. The van der Waals surface area contributed by atoms with Gasteiger partial charge in [-0.3, -0.25) is 9.69 Å². The minimum absolute atomic E-state index is 0.122. The fourth-order valence-electron chi connectivity index (χ4n) is 2.57. The molecule has 1 heterocycles. The molecule has 0 bridgehead atoms. The van der Waals surface area contributed by atoms with Crippen LogP contribution in [0.15, 0.2) is 24.3 Å². The molecule has 1 fully saturated rings. The zero-order chi connectivity index (χ0) is 15.1. The van der Waals surface area contributed by atoms with Gasteiger partial charge in [0.05, 0.1) is 12.5 Å². The molecule has 1 amide bonds. The summed E-state index contributed by atoms with van der Waals surface area (Å²) in [6.07, 6.45) is 0.930. The van der Waals surface area contributed by atoms with Crippen molar-refractivity contribution in [2.24, 2.45) is 5.92 Å². The highest BCUT2D eigenvalue weighted by Crippen LogP contribution is 2.20. The van der Waals surface area contributed by atoms with Crippen molar-refractivity contribution in [1.82, 2.24) is 10.2 Å². The van der Waals surface area contributed by atoms with Crippen LogP contribution in [-0.2, 0) is 4.79 Å². The second kappa shape index (κ2) is 7.88. The molecular formula is C16H24N2O3. The Hall–Kier alpha value is -1.75. The SMILES string of the molecule is CCOc1cccc(OCCN2CCC(C(=O)NC)C2)c1. The van der Waals surface area contributed by atoms with Crippen LogP contribution in [0.3, 0.4) is 0 Å². The van der Waals surface area contributed by atoms with Gasteiger partial charge >= 0.3 is 0 Å². The number of rotatable bonds is 7. The molecule has 21 heavy (non-hydrogen) atoms. The van der Waals surface area contributed by atoms with E-state index in [-0.39, 0.29) is 11.8 Å². The second-order valence-electron chi connectivity index (χ2n) is 5.16. The first kappa shape index (κ1) is 15.6. The van der Waals surface area contributed by atoms with Crippen LogP contribution in [0.5, 0.6) is 11.5 Å². The van der Waals surface area contributed by atoms with Crippen molar-refractivity contribution in [1.29, 1.82) is 0 Å². The lowest BCUT2D eigenvalue weighted by Gasteiger charge is -2.16. The second-order valence-corrected chi connectivity index (χ2v) is 5.16. The number of hydrogen-bond donors (Lipinski definition) is 1. The van der Waals surface area contributed by atoms with Gasteiger partial charge in [-0.05, 0) is 32.0 Å². The molecule has 1 aromatic carbocycles. The molecule has 0 aromatic heterocycles. The van der Waals surface area contributed by atoms with E-state index in [1.165, 1.54) is 0 Å². The first-order valence-electron chi connectivity index (χ1n) is 7.52. The van der Waals surface area contributed by atoms with E-state index < -0.39 is 0 Å². The number of carbonyl (C=O) groups is 1. The number of nitrogens with one attached hydrogen (secondary N) is 1. The van der Waals surface area contributed by atoms with Crippen LogP contribution in [0.1, 0.15) is 13.3 Å². The van der Waals surface area contributed by atoms with Gasteiger partial charge in [-0.25, -0.2) is 0 Å². The van der Waals surface area contributed by atoms with Crippen LogP contribution in [0, 0.1) is 5.92 Å². The summed E-state index contributed by atoms with van der Waals surface area (Å²) in [5, 5.41) is 2.72. The van der Waals surface area contributed by atoms with E-state index in [9.17, 15) is 4.79 Å². The zero-order valence-corrected chi connectivity index (χ0v) is 12.8. The zero-order valence-electron chi connectivity index (χ0n) is 12.8. The minimum atomic E-state index is 0.122. The number of amides is 1. The first-order chi connectivity index (χ1) is 10.2. The van der Waals surface area contributed by atoms with Crippen LogP contribution >= 0.6 is 0 Å². The lowest BCUT2D eigenvalue weighted by Crippen LogP contribution is -2.31. The maximum atomic E-state index is 11.6. The lowest BCUT2D eigenvalue weighted by molar-refractivity contribution is -0.124. The van der Waals surface area contributed by atoms with Gasteiger partial charge in [0.25, 0.3) is 0 Å². The number of carbonyl (C=O) groups excluding carboxylic acids is 1. The third-order valence-corrected chi connectivity index (χ3v) is 3.68. The number of hydrogen-bond acceptors (Lipinski definition) is 4. The van der Waals surface area contributed by atoms with E-state index in [1.807, 2.05) is 31.2 Å². The Morgan fingerprint density at radius 1 is 1.38 bits per heavy atom. The summed E-state index contributed by atoms with van der Waals surface area (Å²) in [5.74, 6) is 1.91. The van der Waals surface area contributed by atoms with E-state index in [0.29, 0.717) is 13.2 Å². The molecule has 0 radical (unpaired) electrons. The Morgan fingerprint density at radius 3 is 2.86 bits per heavy atom. The highest BCUT2D eigenvalue weighted by atomic mass is 16.5. The molecular weight excluding hydrogens is 268 g/mol. The lowest BCUT2D eigenvalue weighted by atomic mass is 10.1. The highest BCUT2D eigenvalue weighted by Gasteiger charge is 2.27. The molecule has 1 atom stereocenters. The third kappa shape index (κ3) is 4.63. The fourth-order valence-corrected chi connectivity index (χ4v) is 2.57. The topological polar surface area (TPSA) is 50.8 Å². The van der Waals surface area contributed by atoms with Crippen LogP contribution in [0.25, 0.3) is 0 Å². The number of likely N-dealkylation sites (tertiary alicyclic amines) is 1. The van der Waals surface area contributed by atoms with Gasteiger partial charge in [-0.15, -0.1) is 0 Å². The third-order valence-electron chi connectivity index (χ3n) is 3.68. The average molecular weight is 292 g/mol. The summed E-state index contributed by atoms with van der Waals surface area (Å²) in [5.41, 5.74) is 0. The molecule has 5 nitrogen and oxygen atoms in total. The van der Waals surface area contributed by atoms with E-state index in [1.54, 1.807) is 7.05 Å². The summed E-state index contributed by atoms with van der Waals surface area (Å²) in [7, 11) is 1.69. The van der Waals surface area contributed by atoms with Crippen molar-refractivity contribution in [3.05, 3.63) is 24.3 Å². The summed E-state index contributed by atoms with van der Waals surface area (Å²) in [6, 6.07) is 7.68. The Kier molecular flexibility index (Phi) is 5.87. The molecule has 1 aliphatic rings. The normalized spacial score (nSPS) is 18.5. The number of ether oxygens (including phenoxy) is 2. The first-order valence-corrected chi connectivity index (χ1v) is 7.52. The van der Waals surface area contributed by atoms with E-state index in [2.05, 4.69) is 10.2 Å². The quantitative estimate of drug-likeness (QED) is 0.828. The fraction of sp³-hybridized carbons (Fsp3) is 0.562. The van der Waals surface area contributed by atoms with Crippen molar-refractivity contribution in [2.75, 3.05) is 39.9 Å². The van der Waals surface area contributed by atoms with E-state index >= 15 is 0 Å². The van der Waals surface area contributed by atoms with Crippen LogP contribution in [0.4, 0.5) is 0 Å². The number of nitrogens with zero attached hydrogens (tertiary/aromatic N) is 1. The van der Waals surface area contributed by atoms with Crippen molar-refractivity contribution in [3.8, 4) is 11.5 Å². The van der Waals surface area contributed by atoms with Gasteiger partial charge in [0.15, 0.2) is 0 Å². The average Bonchev–Trinajstić information content (AvgIpc) is 2.96. The van der Waals surface area contributed by atoms with Crippen LogP contribution in [-0.4, -0.2) is 50.7 Å². The van der Waals surface area contributed by atoms with Gasteiger partial charge in [-0.2, -0.15) is 0 Å². The Labute approximate surface area is 126 Å². The molecule has 1 unspecified atom stereocenters. The molecule has 1 saturated heterocycles.